The average molecular weight is 315 g/mol. The predicted octanol–water partition coefficient (Wildman–Crippen LogP) is 3.54. The molecule has 0 spiro atoms. The zero-order chi connectivity index (χ0) is 15.7. The summed E-state index contributed by atoms with van der Waals surface area (Å²) in [5, 5.41) is 9.26. The lowest BCUT2D eigenvalue weighted by molar-refractivity contribution is -0.120. The van der Waals surface area contributed by atoms with Gasteiger partial charge in [-0.15, -0.1) is 0 Å². The lowest BCUT2D eigenvalue weighted by atomic mass is 9.93. The smallest absolute Gasteiger partial charge is 0.261 e. The van der Waals surface area contributed by atoms with Crippen LogP contribution in [0.3, 0.4) is 0 Å². The fourth-order valence-electron chi connectivity index (χ4n) is 3.06. The number of rotatable bonds is 3. The quantitative estimate of drug-likeness (QED) is 0.802. The zero-order valence-corrected chi connectivity index (χ0v) is 12.8. The summed E-state index contributed by atoms with van der Waals surface area (Å²) < 4.78 is 0. The van der Waals surface area contributed by atoms with E-state index in [2.05, 4.69) is 6.07 Å². The molecule has 0 unspecified atom stereocenters. The van der Waals surface area contributed by atoms with Crippen molar-refractivity contribution in [2.24, 2.45) is 0 Å². The highest BCUT2D eigenvalue weighted by atomic mass is 35.5. The first-order valence-electron chi connectivity index (χ1n) is 7.39. The van der Waals surface area contributed by atoms with Crippen molar-refractivity contribution in [1.29, 1.82) is 5.26 Å². The van der Waals surface area contributed by atoms with Crippen LogP contribution < -0.4 is 4.90 Å². The van der Waals surface area contributed by atoms with Crippen LogP contribution in [0.4, 0.5) is 5.69 Å². The van der Waals surface area contributed by atoms with E-state index < -0.39 is 0 Å². The van der Waals surface area contributed by atoms with Gasteiger partial charge in [-0.2, -0.15) is 5.26 Å². The molecule has 0 bridgehead atoms. The van der Waals surface area contributed by atoms with Crippen LogP contribution in [0.1, 0.15) is 37.7 Å². The van der Waals surface area contributed by atoms with Gasteiger partial charge in [-0.3, -0.25) is 9.59 Å². The van der Waals surface area contributed by atoms with Crippen molar-refractivity contribution in [3.63, 3.8) is 0 Å². The Kier molecular flexibility index (Phi) is 4.00. The van der Waals surface area contributed by atoms with Crippen LogP contribution in [0, 0.1) is 11.3 Å². The summed E-state index contributed by atoms with van der Waals surface area (Å²) >= 11 is 6.13. The highest BCUT2D eigenvalue weighted by molar-refractivity contribution is 6.34. The maximum Gasteiger partial charge on any atom is 0.261 e. The number of carbonyl (C=O) groups excluding carboxylic acids is 2. The minimum absolute atomic E-state index is 0.201. The Labute approximate surface area is 134 Å². The molecule has 22 heavy (non-hydrogen) atoms. The van der Waals surface area contributed by atoms with Gasteiger partial charge in [0.25, 0.3) is 11.8 Å². The summed E-state index contributed by atoms with van der Waals surface area (Å²) in [6, 6.07) is 7.19. The summed E-state index contributed by atoms with van der Waals surface area (Å²) in [6.07, 6.45) is 4.14. The van der Waals surface area contributed by atoms with Gasteiger partial charge in [0, 0.05) is 22.6 Å². The number of halogens is 1. The highest BCUT2D eigenvalue weighted by Crippen LogP contribution is 2.36. The van der Waals surface area contributed by atoms with E-state index in [9.17, 15) is 9.59 Å². The minimum atomic E-state index is -0.201. The minimum Gasteiger partial charge on any atom is -0.269 e. The monoisotopic (exact) mass is 314 g/mol. The van der Waals surface area contributed by atoms with Crippen LogP contribution in [0.15, 0.2) is 29.3 Å². The van der Waals surface area contributed by atoms with Crippen molar-refractivity contribution in [1.82, 2.24) is 0 Å². The second kappa shape index (κ2) is 5.94. The molecule has 1 aromatic rings. The van der Waals surface area contributed by atoms with Gasteiger partial charge in [0.1, 0.15) is 0 Å². The fraction of sp³-hybridized carbons (Fsp3) is 0.353. The molecule has 0 saturated heterocycles. The Hall–Kier alpha value is -2.12. The Morgan fingerprint density at radius 2 is 1.77 bits per heavy atom. The first kappa shape index (κ1) is 14.8. The molecule has 1 aromatic carbocycles. The number of carbonyl (C=O) groups is 2. The number of amides is 2. The Bertz CT molecular complexity index is 703. The van der Waals surface area contributed by atoms with E-state index in [0.29, 0.717) is 47.5 Å². The maximum atomic E-state index is 12.5. The number of aryl methyl sites for hydroxylation is 1. The Balaban J connectivity index is 1.94. The molecule has 1 heterocycles. The third-order valence-electron chi connectivity index (χ3n) is 4.18. The molecule has 0 fully saturated rings. The molecule has 1 aliphatic heterocycles. The summed E-state index contributed by atoms with van der Waals surface area (Å²) in [5.74, 6) is -0.401. The van der Waals surface area contributed by atoms with Crippen LogP contribution in [0.5, 0.6) is 0 Å². The Morgan fingerprint density at radius 3 is 2.36 bits per heavy atom. The number of benzene rings is 1. The van der Waals surface area contributed by atoms with Gasteiger partial charge in [0.15, 0.2) is 0 Å². The molecule has 5 heteroatoms. The lowest BCUT2D eigenvalue weighted by Crippen LogP contribution is -2.31. The number of nitrogens with zero attached hydrogens (tertiary/aromatic N) is 2. The second-order valence-corrected chi connectivity index (χ2v) is 5.95. The van der Waals surface area contributed by atoms with Gasteiger partial charge in [-0.05, 0) is 55.9 Å². The standard InChI is InChI=1S/C17H15ClN2O2/c18-15-8-7-12(10-11(15)4-3-9-19)20-16(21)13-5-1-2-6-14(13)17(20)22/h7-8,10H,1-6H2. The predicted molar refractivity (Wildman–Crippen MR) is 83.4 cm³/mol. The van der Waals surface area contributed by atoms with Crippen LogP contribution in [-0.2, 0) is 16.0 Å². The SMILES string of the molecule is N#CCCc1cc(N2C(=O)C3=C(CCCC3)C2=O)ccc1Cl. The van der Waals surface area contributed by atoms with Crippen molar-refractivity contribution in [2.45, 2.75) is 38.5 Å². The fourth-order valence-corrected chi connectivity index (χ4v) is 3.27. The van der Waals surface area contributed by atoms with Gasteiger partial charge >= 0.3 is 0 Å². The van der Waals surface area contributed by atoms with Crippen LogP contribution in [0.25, 0.3) is 0 Å². The Morgan fingerprint density at radius 1 is 1.14 bits per heavy atom. The molecule has 1 aliphatic carbocycles. The first-order valence-corrected chi connectivity index (χ1v) is 7.77. The molecule has 3 rings (SSSR count). The molecule has 0 N–H and O–H groups in total. The summed E-state index contributed by atoms with van der Waals surface area (Å²) in [7, 11) is 0. The van der Waals surface area contributed by atoms with Crippen LogP contribution in [0.2, 0.25) is 5.02 Å². The number of nitriles is 1. The number of imide groups is 1. The van der Waals surface area contributed by atoms with Gasteiger partial charge in [-0.25, -0.2) is 4.90 Å². The molecule has 112 valence electrons. The first-order chi connectivity index (χ1) is 10.6. The highest BCUT2D eigenvalue weighted by Gasteiger charge is 2.39. The molecule has 2 amide bonds. The van der Waals surface area contributed by atoms with E-state index in [1.807, 2.05) is 0 Å². The topological polar surface area (TPSA) is 61.2 Å². The molecule has 0 atom stereocenters. The number of hydrogen-bond acceptors (Lipinski definition) is 3. The van der Waals surface area contributed by atoms with E-state index in [0.717, 1.165) is 18.4 Å². The molecule has 0 radical (unpaired) electrons. The van der Waals surface area contributed by atoms with E-state index in [4.69, 9.17) is 16.9 Å². The van der Waals surface area contributed by atoms with E-state index >= 15 is 0 Å². The number of anilines is 1. The molecule has 4 nitrogen and oxygen atoms in total. The van der Waals surface area contributed by atoms with Crippen molar-refractivity contribution in [3.8, 4) is 6.07 Å². The van der Waals surface area contributed by atoms with Crippen molar-refractivity contribution < 1.29 is 9.59 Å². The molecular weight excluding hydrogens is 300 g/mol. The number of hydrogen-bond donors (Lipinski definition) is 0. The second-order valence-electron chi connectivity index (χ2n) is 5.54. The van der Waals surface area contributed by atoms with Gasteiger partial charge in [-0.1, -0.05) is 11.6 Å². The van der Waals surface area contributed by atoms with Crippen molar-refractivity contribution >= 4 is 29.1 Å². The molecular formula is C17H15ClN2O2. The molecule has 0 aromatic heterocycles. The average Bonchev–Trinajstić information content (AvgIpc) is 2.79. The summed E-state index contributed by atoms with van der Waals surface area (Å²) in [5.41, 5.74) is 2.67. The van der Waals surface area contributed by atoms with E-state index in [1.54, 1.807) is 18.2 Å². The third-order valence-corrected chi connectivity index (χ3v) is 4.55. The van der Waals surface area contributed by atoms with Gasteiger partial charge in [0.2, 0.25) is 0 Å². The van der Waals surface area contributed by atoms with Crippen molar-refractivity contribution in [3.05, 3.63) is 39.9 Å². The molecule has 0 saturated carbocycles. The van der Waals surface area contributed by atoms with E-state index in [1.165, 1.54) is 4.90 Å². The molecule has 2 aliphatic rings. The largest absolute Gasteiger partial charge is 0.269 e. The normalized spacial score (nSPS) is 17.7. The van der Waals surface area contributed by atoms with Crippen molar-refractivity contribution in [2.75, 3.05) is 4.90 Å². The maximum absolute atomic E-state index is 12.5. The zero-order valence-electron chi connectivity index (χ0n) is 12.1. The lowest BCUT2D eigenvalue weighted by Gasteiger charge is -2.16. The van der Waals surface area contributed by atoms with Gasteiger partial charge < -0.3 is 0 Å². The van der Waals surface area contributed by atoms with Gasteiger partial charge in [0.05, 0.1) is 11.8 Å². The summed E-state index contributed by atoms with van der Waals surface area (Å²) in [6.45, 7) is 0. The van der Waals surface area contributed by atoms with Crippen LogP contribution in [-0.4, -0.2) is 11.8 Å². The van der Waals surface area contributed by atoms with Crippen LogP contribution >= 0.6 is 11.6 Å². The van der Waals surface area contributed by atoms with E-state index in [-0.39, 0.29) is 11.8 Å². The summed E-state index contributed by atoms with van der Waals surface area (Å²) in [4.78, 5) is 26.3. The third kappa shape index (κ3) is 2.42.